The predicted molar refractivity (Wildman–Crippen MR) is 47.8 cm³/mol. The third-order valence-electron chi connectivity index (χ3n) is 2.19. The molecule has 0 aliphatic carbocycles. The summed E-state index contributed by atoms with van der Waals surface area (Å²) in [5, 5.41) is 8.80. The summed E-state index contributed by atoms with van der Waals surface area (Å²) in [6.45, 7) is 0.0928. The number of carbonyl (C=O) groups excluding carboxylic acids is 1. The summed E-state index contributed by atoms with van der Waals surface area (Å²) in [5.74, 6) is -2.55. The smallest absolute Gasteiger partial charge is 0.339 e. The summed E-state index contributed by atoms with van der Waals surface area (Å²) in [5.41, 5.74) is -0.430. The van der Waals surface area contributed by atoms with Gasteiger partial charge in [-0.15, -0.1) is 0 Å². The van der Waals surface area contributed by atoms with Gasteiger partial charge in [-0.3, -0.25) is 4.79 Å². The van der Waals surface area contributed by atoms with Crippen molar-refractivity contribution in [3.8, 4) is 5.75 Å². The van der Waals surface area contributed by atoms with Gasteiger partial charge in [-0.1, -0.05) is 0 Å². The molecule has 0 amide bonds. The van der Waals surface area contributed by atoms with Gasteiger partial charge in [0.15, 0.2) is 5.78 Å². The molecule has 1 N–H and O–H groups in total. The van der Waals surface area contributed by atoms with Crippen LogP contribution >= 0.6 is 0 Å². The van der Waals surface area contributed by atoms with E-state index in [4.69, 9.17) is 9.84 Å². The van der Waals surface area contributed by atoms with Gasteiger partial charge in [0.2, 0.25) is 0 Å². The van der Waals surface area contributed by atoms with Crippen molar-refractivity contribution in [2.45, 2.75) is 6.42 Å². The van der Waals surface area contributed by atoms with E-state index in [2.05, 4.69) is 0 Å². The summed E-state index contributed by atoms with van der Waals surface area (Å²) in [4.78, 5) is 22.1. The molecule has 0 aromatic heterocycles. The van der Waals surface area contributed by atoms with Crippen molar-refractivity contribution in [2.75, 3.05) is 6.61 Å². The molecule has 1 aromatic carbocycles. The monoisotopic (exact) mass is 210 g/mol. The fraction of sp³-hybridized carbons (Fsp3) is 0.200. The summed E-state index contributed by atoms with van der Waals surface area (Å²) in [6, 6.07) is 2.06. The van der Waals surface area contributed by atoms with Crippen molar-refractivity contribution in [1.82, 2.24) is 0 Å². The van der Waals surface area contributed by atoms with E-state index >= 15 is 0 Å². The van der Waals surface area contributed by atoms with Crippen LogP contribution in [-0.2, 0) is 0 Å². The zero-order valence-corrected chi connectivity index (χ0v) is 7.62. The second-order valence-electron chi connectivity index (χ2n) is 3.13. The molecule has 0 saturated heterocycles. The standard InChI is InChI=1S/C10H7FO4/c11-6-2-1-5(10(13)14)9-8(6)7(12)3-4-15-9/h1-2H,3-4H2,(H,13,14). The second-order valence-corrected chi connectivity index (χ2v) is 3.13. The maximum absolute atomic E-state index is 13.3. The van der Waals surface area contributed by atoms with Gasteiger partial charge in [0.25, 0.3) is 0 Å². The largest absolute Gasteiger partial charge is 0.491 e. The van der Waals surface area contributed by atoms with Gasteiger partial charge in [0.05, 0.1) is 12.2 Å². The molecule has 0 fully saturated rings. The number of ketones is 1. The molecule has 1 aromatic rings. The number of aromatic carboxylic acids is 1. The average Bonchev–Trinajstić information content (AvgIpc) is 2.17. The van der Waals surface area contributed by atoms with Gasteiger partial charge in [0.1, 0.15) is 17.1 Å². The highest BCUT2D eigenvalue weighted by atomic mass is 19.1. The maximum Gasteiger partial charge on any atom is 0.339 e. The van der Waals surface area contributed by atoms with Crippen molar-refractivity contribution in [2.24, 2.45) is 0 Å². The Labute approximate surface area is 84.3 Å². The van der Waals surface area contributed by atoms with Crippen LogP contribution in [0.2, 0.25) is 0 Å². The minimum absolute atomic E-state index is 0.0764. The van der Waals surface area contributed by atoms with Crippen LogP contribution in [0.15, 0.2) is 12.1 Å². The van der Waals surface area contributed by atoms with Gasteiger partial charge >= 0.3 is 5.97 Å². The molecular formula is C10H7FO4. The lowest BCUT2D eigenvalue weighted by Crippen LogP contribution is -2.19. The molecule has 0 radical (unpaired) electrons. The molecule has 2 rings (SSSR count). The Morgan fingerprint density at radius 1 is 1.47 bits per heavy atom. The molecule has 1 heterocycles. The molecule has 0 unspecified atom stereocenters. The van der Waals surface area contributed by atoms with Crippen LogP contribution in [0.25, 0.3) is 0 Å². The summed E-state index contributed by atoms with van der Waals surface area (Å²) in [6.07, 6.45) is 0.0764. The Balaban J connectivity index is 2.69. The molecule has 0 bridgehead atoms. The first-order chi connectivity index (χ1) is 7.11. The molecule has 1 aliphatic heterocycles. The number of hydrogen-bond donors (Lipinski definition) is 1. The first kappa shape index (κ1) is 9.64. The fourth-order valence-corrected chi connectivity index (χ4v) is 1.51. The van der Waals surface area contributed by atoms with E-state index in [1.807, 2.05) is 0 Å². The minimum Gasteiger partial charge on any atom is -0.491 e. The zero-order chi connectivity index (χ0) is 11.0. The van der Waals surface area contributed by atoms with Crippen molar-refractivity contribution in [1.29, 1.82) is 0 Å². The third-order valence-corrected chi connectivity index (χ3v) is 2.19. The molecular weight excluding hydrogens is 203 g/mol. The lowest BCUT2D eigenvalue weighted by Gasteiger charge is -2.18. The van der Waals surface area contributed by atoms with E-state index in [-0.39, 0.29) is 29.9 Å². The first-order valence-electron chi connectivity index (χ1n) is 4.33. The highest BCUT2D eigenvalue weighted by molar-refractivity contribution is 6.04. The third kappa shape index (κ3) is 1.45. The van der Waals surface area contributed by atoms with E-state index in [0.29, 0.717) is 0 Å². The zero-order valence-electron chi connectivity index (χ0n) is 7.62. The quantitative estimate of drug-likeness (QED) is 0.762. The van der Waals surface area contributed by atoms with E-state index in [1.165, 1.54) is 0 Å². The summed E-state index contributed by atoms with van der Waals surface area (Å²) in [7, 11) is 0. The van der Waals surface area contributed by atoms with Crippen molar-refractivity contribution in [3.63, 3.8) is 0 Å². The van der Waals surface area contributed by atoms with Gasteiger partial charge in [-0.2, -0.15) is 0 Å². The number of ether oxygens (including phenoxy) is 1. The number of fused-ring (bicyclic) bond motifs is 1. The number of carboxylic acids is 1. The van der Waals surface area contributed by atoms with E-state index < -0.39 is 17.6 Å². The molecule has 15 heavy (non-hydrogen) atoms. The number of carboxylic acid groups (broad SMARTS) is 1. The number of halogens is 1. The van der Waals surface area contributed by atoms with Crippen molar-refractivity contribution in [3.05, 3.63) is 29.1 Å². The normalized spacial score (nSPS) is 14.3. The van der Waals surface area contributed by atoms with Gasteiger partial charge in [0, 0.05) is 6.42 Å². The average molecular weight is 210 g/mol. The van der Waals surface area contributed by atoms with Crippen molar-refractivity contribution < 1.29 is 23.8 Å². The van der Waals surface area contributed by atoms with Crippen LogP contribution in [0.3, 0.4) is 0 Å². The predicted octanol–water partition coefficient (Wildman–Crippen LogP) is 1.49. The Morgan fingerprint density at radius 3 is 2.87 bits per heavy atom. The van der Waals surface area contributed by atoms with Crippen LogP contribution in [-0.4, -0.2) is 23.5 Å². The Morgan fingerprint density at radius 2 is 2.20 bits per heavy atom. The topological polar surface area (TPSA) is 63.6 Å². The Bertz CT molecular complexity index is 453. The molecule has 0 atom stereocenters. The Hall–Kier alpha value is -1.91. The second kappa shape index (κ2) is 3.34. The van der Waals surface area contributed by atoms with Crippen LogP contribution in [0.4, 0.5) is 4.39 Å². The first-order valence-corrected chi connectivity index (χ1v) is 4.33. The van der Waals surface area contributed by atoms with Crippen LogP contribution < -0.4 is 4.74 Å². The van der Waals surface area contributed by atoms with E-state index in [1.54, 1.807) is 0 Å². The molecule has 0 spiro atoms. The highest BCUT2D eigenvalue weighted by Gasteiger charge is 2.27. The number of Topliss-reactive ketones (excluding diaryl/α,β-unsaturated/α-hetero) is 1. The van der Waals surface area contributed by atoms with Gasteiger partial charge in [-0.05, 0) is 12.1 Å². The number of carbonyl (C=O) groups is 2. The van der Waals surface area contributed by atoms with Crippen LogP contribution in [0.1, 0.15) is 27.1 Å². The number of hydrogen-bond acceptors (Lipinski definition) is 3. The number of rotatable bonds is 1. The number of benzene rings is 1. The van der Waals surface area contributed by atoms with E-state index in [9.17, 15) is 14.0 Å². The minimum atomic E-state index is -1.24. The fourth-order valence-electron chi connectivity index (χ4n) is 1.51. The highest BCUT2D eigenvalue weighted by Crippen LogP contribution is 2.31. The Kier molecular flexibility index (Phi) is 2.15. The summed E-state index contributed by atoms with van der Waals surface area (Å²) >= 11 is 0. The van der Waals surface area contributed by atoms with Crippen LogP contribution in [0.5, 0.6) is 5.75 Å². The van der Waals surface area contributed by atoms with Gasteiger partial charge in [-0.25, -0.2) is 9.18 Å². The van der Waals surface area contributed by atoms with Crippen LogP contribution in [0, 0.1) is 5.82 Å². The lowest BCUT2D eigenvalue weighted by atomic mass is 10.0. The van der Waals surface area contributed by atoms with E-state index in [0.717, 1.165) is 12.1 Å². The molecule has 0 saturated carbocycles. The lowest BCUT2D eigenvalue weighted by molar-refractivity contribution is 0.0691. The van der Waals surface area contributed by atoms with Gasteiger partial charge < -0.3 is 9.84 Å². The molecule has 5 heteroatoms. The van der Waals surface area contributed by atoms with Crippen molar-refractivity contribution >= 4 is 11.8 Å². The molecule has 1 aliphatic rings. The molecule has 78 valence electrons. The maximum atomic E-state index is 13.3. The SMILES string of the molecule is O=C(O)c1ccc(F)c2c1OCCC2=O. The molecule has 4 nitrogen and oxygen atoms in total. The summed E-state index contributed by atoms with van der Waals surface area (Å²) < 4.78 is 18.3.